The summed E-state index contributed by atoms with van der Waals surface area (Å²) in [4.78, 5) is 33.7. The molecule has 25 heavy (non-hydrogen) atoms. The molecular weight excluding hydrogens is 373 g/mol. The van der Waals surface area contributed by atoms with Gasteiger partial charge in [-0.25, -0.2) is 0 Å². The molecule has 0 aliphatic heterocycles. The van der Waals surface area contributed by atoms with Crippen molar-refractivity contribution in [1.29, 1.82) is 0 Å². The summed E-state index contributed by atoms with van der Waals surface area (Å²) >= 11 is 11.5. The number of nitrogens with zero attached hydrogens (tertiary/aromatic N) is 1. The van der Waals surface area contributed by atoms with E-state index in [1.54, 1.807) is 24.3 Å². The van der Waals surface area contributed by atoms with Gasteiger partial charge in [0.05, 0.1) is 9.95 Å². The first-order chi connectivity index (χ1) is 11.9. The highest BCUT2D eigenvalue weighted by Crippen LogP contribution is 2.25. The van der Waals surface area contributed by atoms with Gasteiger partial charge in [0.1, 0.15) is 10.8 Å². The minimum absolute atomic E-state index is 0.0385. The quantitative estimate of drug-likeness (QED) is 0.608. The van der Waals surface area contributed by atoms with Crippen molar-refractivity contribution in [2.75, 3.05) is 6.61 Å². The first-order valence-electron chi connectivity index (χ1n) is 6.79. The van der Waals surface area contributed by atoms with E-state index in [2.05, 4.69) is 10.9 Å². The third-order valence-electron chi connectivity index (χ3n) is 2.92. The Bertz CT molecular complexity index is 829. The molecule has 0 aromatic heterocycles. The summed E-state index contributed by atoms with van der Waals surface area (Å²) < 4.78 is 5.20. The molecule has 8 nitrogen and oxygen atoms in total. The topological polar surface area (TPSA) is 111 Å². The number of hydrogen-bond acceptors (Lipinski definition) is 5. The average molecular weight is 384 g/mol. The Balaban J connectivity index is 1.89. The molecule has 0 heterocycles. The number of nitro groups is 1. The van der Waals surface area contributed by atoms with Crippen molar-refractivity contribution < 1.29 is 19.2 Å². The van der Waals surface area contributed by atoms with E-state index in [1.807, 2.05) is 0 Å². The van der Waals surface area contributed by atoms with Crippen molar-refractivity contribution in [2.45, 2.75) is 0 Å². The summed E-state index contributed by atoms with van der Waals surface area (Å²) in [5, 5.41) is 11.0. The summed E-state index contributed by atoms with van der Waals surface area (Å²) in [6.45, 7) is -0.384. The molecule has 0 saturated carbocycles. The molecule has 0 atom stereocenters. The second kappa shape index (κ2) is 8.32. The Hall–Kier alpha value is -2.84. The van der Waals surface area contributed by atoms with Crippen molar-refractivity contribution in [1.82, 2.24) is 10.9 Å². The number of amides is 2. The van der Waals surface area contributed by atoms with Gasteiger partial charge in [-0.05, 0) is 24.3 Å². The number of halogens is 2. The molecule has 2 rings (SSSR count). The summed E-state index contributed by atoms with van der Waals surface area (Å²) in [6.07, 6.45) is 0. The molecule has 130 valence electrons. The molecule has 0 radical (unpaired) electrons. The van der Waals surface area contributed by atoms with E-state index in [0.29, 0.717) is 10.8 Å². The largest absolute Gasteiger partial charge is 0.482 e. The average Bonchev–Trinajstić information content (AvgIpc) is 2.59. The van der Waals surface area contributed by atoms with Crippen LogP contribution in [0.15, 0.2) is 42.5 Å². The third kappa shape index (κ3) is 5.07. The zero-order valence-electron chi connectivity index (χ0n) is 12.5. The van der Waals surface area contributed by atoms with Crippen LogP contribution in [-0.2, 0) is 4.79 Å². The lowest BCUT2D eigenvalue weighted by Crippen LogP contribution is -2.43. The number of ether oxygens (including phenoxy) is 1. The van der Waals surface area contributed by atoms with Crippen LogP contribution in [0, 0.1) is 10.1 Å². The van der Waals surface area contributed by atoms with Crippen LogP contribution in [0.3, 0.4) is 0 Å². The maximum absolute atomic E-state index is 11.9. The number of carbonyl (C=O) groups excluding carboxylic acids is 2. The molecule has 2 aromatic rings. The Labute approximate surface area is 151 Å². The molecule has 0 aliphatic carbocycles. The Morgan fingerprint density at radius 1 is 1.08 bits per heavy atom. The van der Waals surface area contributed by atoms with Crippen LogP contribution in [0.5, 0.6) is 5.75 Å². The van der Waals surface area contributed by atoms with Gasteiger partial charge in [-0.3, -0.25) is 30.6 Å². The summed E-state index contributed by atoms with van der Waals surface area (Å²) in [5.41, 5.74) is 3.79. The predicted molar refractivity (Wildman–Crippen MR) is 90.7 cm³/mol. The van der Waals surface area contributed by atoms with Crippen LogP contribution in [0.1, 0.15) is 10.4 Å². The smallest absolute Gasteiger partial charge is 0.288 e. The lowest BCUT2D eigenvalue weighted by molar-refractivity contribution is -0.384. The molecule has 0 aliphatic rings. The van der Waals surface area contributed by atoms with Crippen molar-refractivity contribution in [3.63, 3.8) is 0 Å². The number of hydrazine groups is 1. The Morgan fingerprint density at radius 2 is 1.80 bits per heavy atom. The number of benzene rings is 2. The third-order valence-corrected chi connectivity index (χ3v) is 3.55. The molecule has 0 bridgehead atoms. The van der Waals surface area contributed by atoms with E-state index in [-0.39, 0.29) is 17.2 Å². The summed E-state index contributed by atoms with van der Waals surface area (Å²) in [5.74, 6) is -1.07. The van der Waals surface area contributed by atoms with Crippen LogP contribution >= 0.6 is 23.2 Å². The second-order valence-corrected chi connectivity index (χ2v) is 5.46. The van der Waals surface area contributed by atoms with Gasteiger partial charge in [0.2, 0.25) is 0 Å². The molecule has 0 fully saturated rings. The Morgan fingerprint density at radius 3 is 2.48 bits per heavy atom. The van der Waals surface area contributed by atoms with E-state index >= 15 is 0 Å². The minimum Gasteiger partial charge on any atom is -0.482 e. The van der Waals surface area contributed by atoms with E-state index in [0.717, 1.165) is 6.07 Å². The zero-order chi connectivity index (χ0) is 18.4. The van der Waals surface area contributed by atoms with Gasteiger partial charge < -0.3 is 4.74 Å². The molecule has 10 heteroatoms. The normalized spacial score (nSPS) is 10.0. The van der Waals surface area contributed by atoms with Gasteiger partial charge in [0.25, 0.3) is 17.5 Å². The highest BCUT2D eigenvalue weighted by atomic mass is 35.5. The number of nitrogens with one attached hydrogen (secondary N) is 2. The highest BCUT2D eigenvalue weighted by Gasteiger charge is 2.16. The summed E-state index contributed by atoms with van der Waals surface area (Å²) in [7, 11) is 0. The first kappa shape index (κ1) is 18.5. The zero-order valence-corrected chi connectivity index (χ0v) is 14.0. The van der Waals surface area contributed by atoms with Crippen LogP contribution < -0.4 is 15.6 Å². The number of carbonyl (C=O) groups is 2. The van der Waals surface area contributed by atoms with Crippen molar-refractivity contribution in [2.24, 2.45) is 0 Å². The SMILES string of the molecule is O=C(COc1ccccc1Cl)NNC(=O)c1ccc(Cl)c([N+](=O)[O-])c1. The predicted octanol–water partition coefficient (Wildman–Crippen LogP) is 2.74. The number of hydrogen-bond donors (Lipinski definition) is 2. The van der Waals surface area contributed by atoms with Crippen molar-refractivity contribution in [3.8, 4) is 5.75 Å². The van der Waals surface area contributed by atoms with Crippen molar-refractivity contribution >= 4 is 40.7 Å². The van der Waals surface area contributed by atoms with E-state index in [9.17, 15) is 19.7 Å². The van der Waals surface area contributed by atoms with Crippen LogP contribution in [-0.4, -0.2) is 23.3 Å². The molecule has 2 aromatic carbocycles. The number of rotatable bonds is 5. The fraction of sp³-hybridized carbons (Fsp3) is 0.0667. The second-order valence-electron chi connectivity index (χ2n) is 4.64. The standard InChI is InChI=1S/C15H11Cl2N3O5/c16-10-6-5-9(7-12(10)20(23)24)15(22)19-18-14(21)8-25-13-4-2-1-3-11(13)17/h1-7H,8H2,(H,18,21)(H,19,22). The van der Waals surface area contributed by atoms with E-state index in [4.69, 9.17) is 27.9 Å². The maximum Gasteiger partial charge on any atom is 0.288 e. The van der Waals surface area contributed by atoms with Crippen LogP contribution in [0.4, 0.5) is 5.69 Å². The van der Waals surface area contributed by atoms with Crippen LogP contribution in [0.25, 0.3) is 0 Å². The lowest BCUT2D eigenvalue weighted by Gasteiger charge is -2.09. The number of para-hydroxylation sites is 1. The van der Waals surface area contributed by atoms with Crippen LogP contribution in [0.2, 0.25) is 10.0 Å². The minimum atomic E-state index is -0.745. The van der Waals surface area contributed by atoms with Gasteiger partial charge in [0.15, 0.2) is 6.61 Å². The lowest BCUT2D eigenvalue weighted by atomic mass is 10.2. The maximum atomic E-state index is 11.9. The van der Waals surface area contributed by atoms with E-state index in [1.165, 1.54) is 12.1 Å². The first-order valence-corrected chi connectivity index (χ1v) is 7.54. The fourth-order valence-electron chi connectivity index (χ4n) is 1.73. The molecule has 2 N–H and O–H groups in total. The van der Waals surface area contributed by atoms with Crippen molar-refractivity contribution in [3.05, 3.63) is 68.2 Å². The van der Waals surface area contributed by atoms with Gasteiger partial charge in [-0.1, -0.05) is 35.3 Å². The molecule has 0 spiro atoms. The molecule has 2 amide bonds. The molecule has 0 saturated heterocycles. The highest BCUT2D eigenvalue weighted by molar-refractivity contribution is 6.32. The Kier molecular flexibility index (Phi) is 6.15. The van der Waals surface area contributed by atoms with E-state index < -0.39 is 22.4 Å². The van der Waals surface area contributed by atoms with Gasteiger partial charge in [-0.15, -0.1) is 0 Å². The van der Waals surface area contributed by atoms with Gasteiger partial charge in [0, 0.05) is 11.6 Å². The number of nitro benzene ring substituents is 1. The molecular formula is C15H11Cl2N3O5. The monoisotopic (exact) mass is 383 g/mol. The molecule has 0 unspecified atom stereocenters. The van der Waals surface area contributed by atoms with Gasteiger partial charge >= 0.3 is 0 Å². The summed E-state index contributed by atoms with van der Waals surface area (Å²) in [6, 6.07) is 10.1. The fourth-order valence-corrected chi connectivity index (χ4v) is 2.11. The van der Waals surface area contributed by atoms with Gasteiger partial charge in [-0.2, -0.15) is 0 Å².